The summed E-state index contributed by atoms with van der Waals surface area (Å²) >= 11 is 1.88. The summed E-state index contributed by atoms with van der Waals surface area (Å²) in [6.07, 6.45) is 1.01. The molecule has 3 rings (SSSR count). The van der Waals surface area contributed by atoms with Crippen molar-refractivity contribution in [3.8, 4) is 0 Å². The summed E-state index contributed by atoms with van der Waals surface area (Å²) in [7, 11) is 0. The van der Waals surface area contributed by atoms with Gasteiger partial charge in [0.15, 0.2) is 0 Å². The summed E-state index contributed by atoms with van der Waals surface area (Å²) in [5, 5.41) is 0. The Hall–Kier alpha value is -1.53. The SMILES string of the molecule is O=C([C@H]1COCC(=O)N1Cc1ccccc1)N1CCCSCC1. The van der Waals surface area contributed by atoms with Gasteiger partial charge >= 0.3 is 0 Å². The molecule has 2 amide bonds. The summed E-state index contributed by atoms with van der Waals surface area (Å²) in [6.45, 7) is 2.35. The van der Waals surface area contributed by atoms with E-state index in [1.165, 1.54) is 0 Å². The number of nitrogens with zero attached hydrogens (tertiary/aromatic N) is 2. The minimum absolute atomic E-state index is 0.0245. The summed E-state index contributed by atoms with van der Waals surface area (Å²) in [4.78, 5) is 28.8. The first kappa shape index (κ1) is 16.3. The number of benzene rings is 1. The Morgan fingerprint density at radius 1 is 1.22 bits per heavy atom. The Kier molecular flexibility index (Phi) is 5.56. The molecule has 124 valence electrons. The van der Waals surface area contributed by atoms with Crippen LogP contribution in [0.4, 0.5) is 0 Å². The van der Waals surface area contributed by atoms with E-state index in [0.29, 0.717) is 13.2 Å². The highest BCUT2D eigenvalue weighted by molar-refractivity contribution is 7.99. The average Bonchev–Trinajstić information content (AvgIpc) is 2.86. The first-order valence-corrected chi connectivity index (χ1v) is 9.19. The summed E-state index contributed by atoms with van der Waals surface area (Å²) in [5.74, 6) is 1.97. The zero-order valence-corrected chi connectivity index (χ0v) is 14.0. The normalized spacial score (nSPS) is 22.8. The molecule has 0 aromatic heterocycles. The number of carbonyl (C=O) groups excluding carboxylic acids is 2. The Bertz CT molecular complexity index is 544. The zero-order chi connectivity index (χ0) is 16.1. The van der Waals surface area contributed by atoms with Crippen LogP contribution in [0.2, 0.25) is 0 Å². The summed E-state index contributed by atoms with van der Waals surface area (Å²) < 4.78 is 5.36. The lowest BCUT2D eigenvalue weighted by atomic mass is 10.1. The molecular weight excluding hydrogens is 312 g/mol. The van der Waals surface area contributed by atoms with E-state index in [1.807, 2.05) is 47.0 Å². The third-order valence-electron chi connectivity index (χ3n) is 4.21. The van der Waals surface area contributed by atoms with E-state index in [-0.39, 0.29) is 18.4 Å². The van der Waals surface area contributed by atoms with E-state index in [9.17, 15) is 9.59 Å². The fourth-order valence-corrected chi connectivity index (χ4v) is 3.85. The molecule has 1 aromatic rings. The molecule has 5 nitrogen and oxygen atoms in total. The van der Waals surface area contributed by atoms with Crippen LogP contribution in [0.3, 0.4) is 0 Å². The van der Waals surface area contributed by atoms with Gasteiger partial charge in [0.1, 0.15) is 12.6 Å². The fraction of sp³-hybridized carbons (Fsp3) is 0.529. The molecule has 1 aromatic carbocycles. The van der Waals surface area contributed by atoms with Crippen LogP contribution < -0.4 is 0 Å². The second-order valence-corrected chi connectivity index (χ2v) is 7.05. The van der Waals surface area contributed by atoms with E-state index in [2.05, 4.69) is 0 Å². The Balaban J connectivity index is 1.74. The van der Waals surface area contributed by atoms with Crippen LogP contribution in [0.15, 0.2) is 30.3 Å². The number of rotatable bonds is 3. The smallest absolute Gasteiger partial charge is 0.249 e. The molecule has 0 radical (unpaired) electrons. The minimum Gasteiger partial charge on any atom is -0.369 e. The van der Waals surface area contributed by atoms with E-state index in [4.69, 9.17) is 4.74 Å². The molecule has 2 aliphatic rings. The van der Waals surface area contributed by atoms with Crippen LogP contribution >= 0.6 is 11.8 Å². The highest BCUT2D eigenvalue weighted by Gasteiger charge is 2.36. The lowest BCUT2D eigenvalue weighted by Gasteiger charge is -2.37. The van der Waals surface area contributed by atoms with Gasteiger partial charge in [-0.1, -0.05) is 30.3 Å². The van der Waals surface area contributed by atoms with Crippen LogP contribution in [0.1, 0.15) is 12.0 Å². The maximum Gasteiger partial charge on any atom is 0.249 e. The molecule has 2 heterocycles. The Labute approximate surface area is 141 Å². The monoisotopic (exact) mass is 334 g/mol. The van der Waals surface area contributed by atoms with Gasteiger partial charge in [0.2, 0.25) is 11.8 Å². The van der Waals surface area contributed by atoms with E-state index in [1.54, 1.807) is 4.90 Å². The second kappa shape index (κ2) is 7.84. The largest absolute Gasteiger partial charge is 0.369 e. The summed E-state index contributed by atoms with van der Waals surface area (Å²) in [6, 6.07) is 9.30. The van der Waals surface area contributed by atoms with E-state index in [0.717, 1.165) is 36.6 Å². The number of morpholine rings is 1. The molecule has 2 aliphatic heterocycles. The van der Waals surface area contributed by atoms with Crippen LogP contribution in [0.25, 0.3) is 0 Å². The standard InChI is InChI=1S/C17H22N2O3S/c20-16-13-22-12-15(17(21)18-7-4-9-23-10-8-18)19(16)11-14-5-2-1-3-6-14/h1-3,5-6,15H,4,7-13H2/t15-/m1/s1. The van der Waals surface area contributed by atoms with Gasteiger partial charge in [-0.15, -0.1) is 0 Å². The van der Waals surface area contributed by atoms with Crippen LogP contribution in [-0.4, -0.2) is 65.5 Å². The van der Waals surface area contributed by atoms with Crippen molar-refractivity contribution < 1.29 is 14.3 Å². The third-order valence-corrected chi connectivity index (χ3v) is 5.26. The average molecular weight is 334 g/mol. The molecule has 0 unspecified atom stereocenters. The van der Waals surface area contributed by atoms with Crippen molar-refractivity contribution >= 4 is 23.6 Å². The highest BCUT2D eigenvalue weighted by Crippen LogP contribution is 2.18. The van der Waals surface area contributed by atoms with Crippen molar-refractivity contribution in [2.24, 2.45) is 0 Å². The van der Waals surface area contributed by atoms with Crippen LogP contribution in [0, 0.1) is 0 Å². The molecule has 2 saturated heterocycles. The molecule has 23 heavy (non-hydrogen) atoms. The molecule has 2 fully saturated rings. The maximum absolute atomic E-state index is 12.9. The van der Waals surface area contributed by atoms with Crippen molar-refractivity contribution in [3.63, 3.8) is 0 Å². The number of amides is 2. The first-order valence-electron chi connectivity index (χ1n) is 8.03. The molecule has 0 saturated carbocycles. The van der Waals surface area contributed by atoms with Crippen molar-refractivity contribution in [3.05, 3.63) is 35.9 Å². The van der Waals surface area contributed by atoms with Gasteiger partial charge in [-0.3, -0.25) is 9.59 Å². The predicted molar refractivity (Wildman–Crippen MR) is 90.1 cm³/mol. The molecule has 0 spiro atoms. The van der Waals surface area contributed by atoms with Gasteiger partial charge in [-0.2, -0.15) is 11.8 Å². The topological polar surface area (TPSA) is 49.9 Å². The number of carbonyl (C=O) groups is 2. The van der Waals surface area contributed by atoms with Crippen molar-refractivity contribution in [2.45, 2.75) is 19.0 Å². The Morgan fingerprint density at radius 2 is 2.04 bits per heavy atom. The van der Waals surface area contributed by atoms with Gasteiger partial charge < -0.3 is 14.5 Å². The number of hydrogen-bond acceptors (Lipinski definition) is 4. The van der Waals surface area contributed by atoms with Gasteiger partial charge in [-0.25, -0.2) is 0 Å². The van der Waals surface area contributed by atoms with Gasteiger partial charge in [0.05, 0.1) is 6.61 Å². The molecule has 6 heteroatoms. The lowest BCUT2D eigenvalue weighted by molar-refractivity contribution is -0.159. The fourth-order valence-electron chi connectivity index (χ4n) is 2.96. The quantitative estimate of drug-likeness (QED) is 0.838. The first-order chi connectivity index (χ1) is 11.3. The van der Waals surface area contributed by atoms with Crippen LogP contribution in [0.5, 0.6) is 0 Å². The maximum atomic E-state index is 12.9. The minimum atomic E-state index is -0.500. The van der Waals surface area contributed by atoms with Gasteiger partial charge in [0.25, 0.3) is 0 Å². The predicted octanol–water partition coefficient (Wildman–Crippen LogP) is 1.38. The molecule has 0 N–H and O–H groups in total. The van der Waals surface area contributed by atoms with Crippen molar-refractivity contribution in [1.29, 1.82) is 0 Å². The zero-order valence-electron chi connectivity index (χ0n) is 13.1. The molecular formula is C17H22N2O3S. The number of hydrogen-bond donors (Lipinski definition) is 0. The number of ether oxygens (including phenoxy) is 1. The molecule has 0 bridgehead atoms. The summed E-state index contributed by atoms with van der Waals surface area (Å²) in [5.41, 5.74) is 1.03. The van der Waals surface area contributed by atoms with Crippen molar-refractivity contribution in [2.75, 3.05) is 37.8 Å². The van der Waals surface area contributed by atoms with E-state index >= 15 is 0 Å². The Morgan fingerprint density at radius 3 is 2.87 bits per heavy atom. The van der Waals surface area contributed by atoms with Gasteiger partial charge in [-0.05, 0) is 17.7 Å². The second-order valence-electron chi connectivity index (χ2n) is 5.83. The highest BCUT2D eigenvalue weighted by atomic mass is 32.2. The van der Waals surface area contributed by atoms with Crippen molar-refractivity contribution in [1.82, 2.24) is 9.80 Å². The molecule has 0 aliphatic carbocycles. The molecule has 1 atom stereocenters. The lowest BCUT2D eigenvalue weighted by Crippen LogP contribution is -2.57. The van der Waals surface area contributed by atoms with Crippen LogP contribution in [-0.2, 0) is 20.9 Å². The van der Waals surface area contributed by atoms with Gasteiger partial charge in [0, 0.05) is 25.4 Å². The number of thioether (sulfide) groups is 1. The van der Waals surface area contributed by atoms with E-state index < -0.39 is 6.04 Å². The third kappa shape index (κ3) is 4.06.